The molecule has 14 atom stereocenters. The summed E-state index contributed by atoms with van der Waals surface area (Å²) in [4.78, 5) is 111. The first-order valence-electron chi connectivity index (χ1n) is 31.8. The lowest BCUT2D eigenvalue weighted by Gasteiger charge is -2.42. The van der Waals surface area contributed by atoms with Gasteiger partial charge >= 0.3 is 12.1 Å². The molecule has 30 nitrogen and oxygen atoms in total. The number of alkyl carbamates (subject to hydrolysis) is 1. The van der Waals surface area contributed by atoms with E-state index in [1.807, 2.05) is 60.0 Å². The molecule has 3 fully saturated rings. The number of fused-ring (bicyclic) bond motifs is 6. The van der Waals surface area contributed by atoms with Crippen molar-refractivity contribution in [2.45, 2.75) is 165 Å². The Hall–Kier alpha value is -7.33. The minimum absolute atomic E-state index is 0.0117. The van der Waals surface area contributed by atoms with Crippen LogP contribution in [0.25, 0.3) is 10.9 Å². The highest BCUT2D eigenvalue weighted by atomic mass is 35.5. The van der Waals surface area contributed by atoms with E-state index in [9.17, 15) is 58.8 Å². The highest BCUT2D eigenvalue weighted by molar-refractivity contribution is 6.35. The molecule has 7 amide bonds. The number of aryl methyl sites for hydroxylation is 1. The quantitative estimate of drug-likeness (QED) is 0.0216. The van der Waals surface area contributed by atoms with E-state index < -0.39 is 151 Å². The number of carbonyl (C=O) groups is 8. The molecule has 3 aromatic rings. The number of nitrogens with one attached hydrogen (secondary N) is 6. The summed E-state index contributed by atoms with van der Waals surface area (Å²) in [6.07, 6.45) is -6.86. The standard InChI is InChI=1S/C65H93ClN10O20/c1-36-15-14-18-49(90-11)65(88)33-47(94-63(87)72-65)37(2)59-64(5,96-59)50(32-54(82)75(9)45-28-40(27-36)29-46(89-10)55(45)66)95-62(86)38(3)74(8)53(81)20-23-91-25-26-92-24-21-68-60(85)43(31-52(80)71-61-56(69-39(4)78)58(84)57(83)48(35-77)93-61)70-51(79)19-22-76-42(34-73(7)67-6)30-41-16-12-13-17-44(41)76/h12-18,28-30,37-38,43,47-50,56-59,61,67,77,83-84,88H,19-27,31-35H2,1-11H3,(H,68,85)(H,69,78)(H,70,79)(H,71,80)(H,72,87)/b18-14+,36-15+/t37-,38+,43+,47+,48-,49-,50+,56-,57-,58-,59?,61-,64+,65+/m1/s1. The van der Waals surface area contributed by atoms with Gasteiger partial charge in [0.1, 0.15) is 71.1 Å². The van der Waals surface area contributed by atoms with Gasteiger partial charge in [-0.1, -0.05) is 60.5 Å². The highest BCUT2D eigenvalue weighted by Crippen LogP contribution is 2.49. The van der Waals surface area contributed by atoms with Crippen LogP contribution in [0, 0.1) is 5.92 Å². The van der Waals surface area contributed by atoms with Crippen molar-refractivity contribution in [1.82, 2.24) is 46.5 Å². The van der Waals surface area contributed by atoms with Crippen molar-refractivity contribution in [2.24, 2.45) is 5.92 Å². The Morgan fingerprint density at radius 3 is 2.38 bits per heavy atom. The number of anilines is 1. The summed E-state index contributed by atoms with van der Waals surface area (Å²) < 4.78 is 48.5. The second-order valence-corrected chi connectivity index (χ2v) is 25.1. The number of benzene rings is 2. The van der Waals surface area contributed by atoms with Gasteiger partial charge in [0.2, 0.25) is 35.4 Å². The number of carbonyl (C=O) groups excluding carboxylic acids is 8. The fraction of sp³-hybridized carbons (Fsp3) is 0.600. The Kier molecular flexibility index (Phi) is 27.1. The average Bonchev–Trinajstić information content (AvgIpc) is 1.57. The number of hydrogen-bond donors (Lipinski definition) is 10. The molecular weight excluding hydrogens is 1280 g/mol. The van der Waals surface area contributed by atoms with Gasteiger partial charge in [0.15, 0.2) is 12.0 Å². The fourth-order valence-electron chi connectivity index (χ4n) is 12.0. The van der Waals surface area contributed by atoms with Crippen LogP contribution in [0.15, 0.2) is 66.3 Å². The molecule has 0 radical (unpaired) electrons. The van der Waals surface area contributed by atoms with Crippen molar-refractivity contribution < 1.29 is 96.7 Å². The van der Waals surface area contributed by atoms with Crippen molar-refractivity contribution in [3.63, 3.8) is 0 Å². The van der Waals surface area contributed by atoms with Crippen LogP contribution in [-0.2, 0) is 86.2 Å². The number of aromatic nitrogens is 1. The Morgan fingerprint density at radius 2 is 1.69 bits per heavy atom. The van der Waals surface area contributed by atoms with Crippen LogP contribution in [-0.4, -0.2) is 243 Å². The number of rotatable bonds is 27. The molecule has 96 heavy (non-hydrogen) atoms. The molecule has 5 heterocycles. The first-order chi connectivity index (χ1) is 45.6. The van der Waals surface area contributed by atoms with Gasteiger partial charge < -0.3 is 94.0 Å². The zero-order chi connectivity index (χ0) is 70.3. The Bertz CT molecular complexity index is 3320. The zero-order valence-electron chi connectivity index (χ0n) is 56.1. The SMILES string of the molecule is CNN(C)Cc1cc2ccccc2n1CCC(=O)N[C@@H](CC(=O)N[C@@H]1O[C@H](CO)[C@@H](O)[C@H](O)[C@H]1NC(C)=O)C(=O)NCCOCCOCCC(=O)N(C)[C@@H](C)C(=O)O[C@H]1CC(=O)N(C)c2cc(cc(OC)c2Cl)C/C(C)=C/C=C/[C@@H](OC)[C@@]2(O)C[C@H](OC(=O)N2)[C@@H](C)C2O[C@]21C. The molecule has 0 spiro atoms. The summed E-state index contributed by atoms with van der Waals surface area (Å²) in [5, 5.41) is 58.8. The Labute approximate surface area is 562 Å². The predicted molar refractivity (Wildman–Crippen MR) is 347 cm³/mol. The maximum absolute atomic E-state index is 14.4. The molecule has 4 bridgehead atoms. The maximum atomic E-state index is 14.4. The van der Waals surface area contributed by atoms with Gasteiger partial charge in [-0.15, -0.1) is 0 Å². The van der Waals surface area contributed by atoms with Crippen LogP contribution in [0.2, 0.25) is 5.02 Å². The minimum atomic E-state index is -1.91. The molecule has 1 aromatic heterocycles. The van der Waals surface area contributed by atoms with Gasteiger partial charge in [0, 0.05) is 78.2 Å². The number of halogens is 1. The lowest BCUT2D eigenvalue weighted by molar-refractivity contribution is -0.203. The van der Waals surface area contributed by atoms with E-state index in [-0.39, 0.29) is 63.8 Å². The van der Waals surface area contributed by atoms with E-state index in [4.69, 9.17) is 49.5 Å². The van der Waals surface area contributed by atoms with Crippen molar-refractivity contribution in [3.8, 4) is 5.75 Å². The lowest BCUT2D eigenvalue weighted by atomic mass is 9.83. The van der Waals surface area contributed by atoms with Crippen LogP contribution < -0.4 is 41.6 Å². The number of ether oxygens (including phenoxy) is 8. The number of para-hydroxylation sites is 1. The number of aliphatic hydroxyl groups excluding tert-OH is 3. The van der Waals surface area contributed by atoms with Gasteiger partial charge in [-0.25, -0.2) is 14.6 Å². The van der Waals surface area contributed by atoms with E-state index in [1.54, 1.807) is 45.2 Å². The third kappa shape index (κ3) is 19.3. The van der Waals surface area contributed by atoms with Gasteiger partial charge in [0.05, 0.1) is 77.7 Å². The van der Waals surface area contributed by atoms with Gasteiger partial charge in [-0.2, -0.15) is 0 Å². The van der Waals surface area contributed by atoms with Crippen LogP contribution >= 0.6 is 11.6 Å². The second-order valence-electron chi connectivity index (χ2n) is 24.7. The molecule has 0 saturated carbocycles. The van der Waals surface area contributed by atoms with E-state index >= 15 is 0 Å². The second kappa shape index (κ2) is 34.2. The lowest BCUT2D eigenvalue weighted by Crippen LogP contribution is -2.68. The number of hydrazine groups is 1. The third-order valence-electron chi connectivity index (χ3n) is 17.8. The molecular formula is C65H93ClN10O20. The number of methoxy groups -OCH3 is 2. The van der Waals surface area contributed by atoms with Gasteiger partial charge in [0.25, 0.3) is 0 Å². The number of nitrogens with zero attached hydrogens (tertiary/aromatic N) is 4. The summed E-state index contributed by atoms with van der Waals surface area (Å²) in [7, 11) is 9.45. The molecule has 0 aliphatic carbocycles. The van der Waals surface area contributed by atoms with E-state index in [2.05, 4.69) is 32.0 Å². The molecule has 3 saturated heterocycles. The Balaban J connectivity index is 0.933. The molecule has 530 valence electrons. The van der Waals surface area contributed by atoms with Crippen molar-refractivity contribution in [3.05, 3.63) is 82.5 Å². The monoisotopic (exact) mass is 1370 g/mol. The number of aliphatic hydroxyl groups is 4. The molecule has 4 aliphatic heterocycles. The topological polar surface area (TPSA) is 381 Å². The van der Waals surface area contributed by atoms with Crippen LogP contribution in [0.4, 0.5) is 10.5 Å². The van der Waals surface area contributed by atoms with Crippen molar-refractivity contribution >= 4 is 75.7 Å². The average molecular weight is 1370 g/mol. The number of allylic oxidation sites excluding steroid dienone is 3. The van der Waals surface area contributed by atoms with Crippen LogP contribution in [0.1, 0.15) is 78.0 Å². The first-order valence-corrected chi connectivity index (χ1v) is 32.2. The molecule has 10 N–H and O–H groups in total. The van der Waals surface area contributed by atoms with Crippen LogP contribution in [0.5, 0.6) is 5.75 Å². The van der Waals surface area contributed by atoms with Crippen molar-refractivity contribution in [2.75, 3.05) is 86.9 Å². The van der Waals surface area contributed by atoms with Crippen LogP contribution in [0.3, 0.4) is 0 Å². The zero-order valence-corrected chi connectivity index (χ0v) is 56.8. The van der Waals surface area contributed by atoms with Crippen molar-refractivity contribution in [1.29, 1.82) is 0 Å². The molecule has 2 aromatic carbocycles. The highest BCUT2D eigenvalue weighted by Gasteiger charge is 2.64. The number of hydrogen-bond acceptors (Lipinski definition) is 22. The molecule has 7 rings (SSSR count). The maximum Gasteiger partial charge on any atom is 0.409 e. The summed E-state index contributed by atoms with van der Waals surface area (Å²) in [5.74, 6) is -4.97. The summed E-state index contributed by atoms with van der Waals surface area (Å²) in [6.45, 7) is 7.71. The summed E-state index contributed by atoms with van der Waals surface area (Å²) in [6, 6.07) is 9.21. The van der Waals surface area contributed by atoms with Gasteiger partial charge in [-0.05, 0) is 69.5 Å². The third-order valence-corrected chi connectivity index (χ3v) is 18.2. The normalized spacial score (nSPS) is 27.6. The van der Waals surface area contributed by atoms with E-state index in [0.29, 0.717) is 24.4 Å². The van der Waals surface area contributed by atoms with E-state index in [0.717, 1.165) is 34.7 Å². The minimum Gasteiger partial charge on any atom is -0.495 e. The fourth-order valence-corrected chi connectivity index (χ4v) is 12.3. The van der Waals surface area contributed by atoms with E-state index in [1.165, 1.54) is 45.0 Å². The first kappa shape index (κ1) is 76.0. The summed E-state index contributed by atoms with van der Waals surface area (Å²) >= 11 is 6.84. The number of likely N-dealkylation sites (N-methyl/N-ethyl adjacent to an activating group) is 1. The molecule has 1 unspecified atom stereocenters. The largest absolute Gasteiger partial charge is 0.495 e. The number of esters is 1. The smallest absolute Gasteiger partial charge is 0.409 e. The Morgan fingerprint density at radius 1 is 0.969 bits per heavy atom. The molecule has 4 aliphatic rings. The number of amides is 7. The number of epoxide rings is 1. The summed E-state index contributed by atoms with van der Waals surface area (Å²) in [5.41, 5.74) is 3.55. The molecule has 31 heteroatoms. The van der Waals surface area contributed by atoms with Gasteiger partial charge in [-0.3, -0.25) is 39.5 Å². The predicted octanol–water partition coefficient (Wildman–Crippen LogP) is 0.600.